The average molecular weight is 647 g/mol. The van der Waals surface area contributed by atoms with Gasteiger partial charge in [0.15, 0.2) is 5.11 Å². The summed E-state index contributed by atoms with van der Waals surface area (Å²) >= 11 is 5.62. The summed E-state index contributed by atoms with van der Waals surface area (Å²) in [7, 11) is -0.770. The van der Waals surface area contributed by atoms with E-state index in [-0.39, 0.29) is 49.8 Å². The topological polar surface area (TPSA) is 117 Å². The summed E-state index contributed by atoms with van der Waals surface area (Å²) in [6.45, 7) is 8.28. The molecule has 2 heterocycles. The van der Waals surface area contributed by atoms with Crippen LogP contribution in [0.15, 0.2) is 18.2 Å². The van der Waals surface area contributed by atoms with Crippen molar-refractivity contribution in [2.75, 3.05) is 45.2 Å². The molecule has 2 aliphatic rings. The van der Waals surface area contributed by atoms with Crippen LogP contribution in [0.2, 0.25) is 0 Å². The molecular formula is C27H37F3N6O5S2. The fourth-order valence-electron chi connectivity index (χ4n) is 5.03. The number of amides is 2. The molecule has 0 radical (unpaired) electrons. The molecule has 2 saturated heterocycles. The first kappa shape index (κ1) is 34.5. The van der Waals surface area contributed by atoms with Crippen molar-refractivity contribution < 1.29 is 35.9 Å². The van der Waals surface area contributed by atoms with Crippen LogP contribution in [-0.2, 0) is 25.9 Å². The van der Waals surface area contributed by atoms with Crippen LogP contribution in [0, 0.1) is 11.3 Å². The number of rotatable bonds is 7. The van der Waals surface area contributed by atoms with Crippen molar-refractivity contribution in [2.24, 2.45) is 0 Å². The number of alkyl halides is 3. The summed E-state index contributed by atoms with van der Waals surface area (Å²) in [5.74, 6) is -0.551. The molecule has 0 unspecified atom stereocenters. The molecule has 43 heavy (non-hydrogen) atoms. The van der Waals surface area contributed by atoms with Gasteiger partial charge in [-0.15, -0.1) is 0 Å². The van der Waals surface area contributed by atoms with Gasteiger partial charge in [0.1, 0.15) is 11.1 Å². The van der Waals surface area contributed by atoms with Crippen molar-refractivity contribution in [3.63, 3.8) is 0 Å². The van der Waals surface area contributed by atoms with E-state index in [1.807, 2.05) is 0 Å². The van der Waals surface area contributed by atoms with Crippen LogP contribution in [0.5, 0.6) is 0 Å². The van der Waals surface area contributed by atoms with Crippen LogP contribution in [0.25, 0.3) is 0 Å². The van der Waals surface area contributed by atoms with E-state index in [9.17, 15) is 31.2 Å². The minimum absolute atomic E-state index is 0.00668. The van der Waals surface area contributed by atoms with E-state index in [2.05, 4.69) is 0 Å². The molecule has 0 atom stereocenters. The fraction of sp³-hybridized carbons (Fsp3) is 0.630. The number of nitriles is 1. The lowest BCUT2D eigenvalue weighted by atomic mass is 9.97. The molecule has 2 aliphatic heterocycles. The Morgan fingerprint density at radius 1 is 1.16 bits per heavy atom. The zero-order valence-electron chi connectivity index (χ0n) is 25.2. The van der Waals surface area contributed by atoms with Gasteiger partial charge in [0.2, 0.25) is 0 Å². The summed E-state index contributed by atoms with van der Waals surface area (Å²) < 4.78 is 75.4. The van der Waals surface area contributed by atoms with Gasteiger partial charge < -0.3 is 14.5 Å². The normalized spacial score (nSPS) is 18.7. The molecule has 11 nitrogen and oxygen atoms in total. The number of thiocarbonyl (C=S) groups is 1. The van der Waals surface area contributed by atoms with Crippen LogP contribution in [0.3, 0.4) is 0 Å². The standard InChI is InChI=1S/C27H37F3N6O5S2/c1-25(2,3)41-24(38)34(15-14-32(6)7)43(39,40)33-12-10-19(11-13-33)36-23(42)35(22(37)26(36,4)5)20-9-8-18(17-31)21(16-20)27(28,29)30/h8-9,16,19H,10-15H2,1-7H3. The zero-order valence-corrected chi connectivity index (χ0v) is 26.9. The first-order chi connectivity index (χ1) is 19.6. The highest BCUT2D eigenvalue weighted by molar-refractivity contribution is 7.87. The maximum absolute atomic E-state index is 13.6. The van der Waals surface area contributed by atoms with Crippen LogP contribution in [0.4, 0.5) is 23.7 Å². The number of nitrogens with zero attached hydrogens (tertiary/aromatic N) is 6. The fourth-order valence-corrected chi connectivity index (χ4v) is 7.08. The molecule has 238 valence electrons. The van der Waals surface area contributed by atoms with Crippen LogP contribution in [-0.4, -0.2) is 101 Å². The van der Waals surface area contributed by atoms with Gasteiger partial charge in [0.25, 0.3) is 5.91 Å². The molecule has 0 bridgehead atoms. The molecule has 2 fully saturated rings. The Morgan fingerprint density at radius 3 is 2.23 bits per heavy atom. The van der Waals surface area contributed by atoms with E-state index >= 15 is 0 Å². The lowest BCUT2D eigenvalue weighted by Gasteiger charge is -2.42. The Labute approximate surface area is 255 Å². The molecule has 0 N–H and O–H groups in total. The van der Waals surface area contributed by atoms with Gasteiger partial charge in [-0.2, -0.15) is 35.5 Å². The van der Waals surface area contributed by atoms with Crippen molar-refractivity contribution in [1.82, 2.24) is 18.4 Å². The predicted octanol–water partition coefficient (Wildman–Crippen LogP) is 3.80. The molecular weight excluding hydrogens is 609 g/mol. The van der Waals surface area contributed by atoms with Gasteiger partial charge in [-0.05, 0) is 92.0 Å². The van der Waals surface area contributed by atoms with Crippen molar-refractivity contribution >= 4 is 45.2 Å². The summed E-state index contributed by atoms with van der Waals surface area (Å²) in [5, 5.41) is 9.12. The Morgan fingerprint density at radius 2 is 1.74 bits per heavy atom. The molecule has 3 rings (SSSR count). The van der Waals surface area contributed by atoms with Crippen molar-refractivity contribution in [2.45, 2.75) is 70.8 Å². The number of likely N-dealkylation sites (N-methyl/N-ethyl adjacent to an activating group) is 1. The van der Waals surface area contributed by atoms with Gasteiger partial charge in [-0.1, -0.05) is 0 Å². The molecule has 1 aromatic rings. The number of hydrogen-bond donors (Lipinski definition) is 0. The van der Waals surface area contributed by atoms with Crippen molar-refractivity contribution in [3.8, 4) is 6.07 Å². The first-order valence-corrected chi connectivity index (χ1v) is 15.4. The number of benzene rings is 1. The lowest BCUT2D eigenvalue weighted by Crippen LogP contribution is -2.56. The Balaban J connectivity index is 1.85. The van der Waals surface area contributed by atoms with E-state index in [0.29, 0.717) is 0 Å². The number of hydrogen-bond acceptors (Lipinski definition) is 8. The molecule has 0 saturated carbocycles. The first-order valence-electron chi connectivity index (χ1n) is 13.6. The van der Waals surface area contributed by atoms with Gasteiger partial charge in [-0.25, -0.2) is 4.79 Å². The van der Waals surface area contributed by atoms with E-state index in [0.717, 1.165) is 21.3 Å². The second kappa shape index (κ2) is 12.2. The van der Waals surface area contributed by atoms with Crippen LogP contribution < -0.4 is 4.90 Å². The number of piperidine rings is 1. The van der Waals surface area contributed by atoms with E-state index in [1.54, 1.807) is 58.5 Å². The third-order valence-corrected chi connectivity index (χ3v) is 9.44. The minimum atomic E-state index is -4.82. The highest BCUT2D eigenvalue weighted by atomic mass is 32.2. The molecule has 16 heteroatoms. The number of ether oxygens (including phenoxy) is 1. The van der Waals surface area contributed by atoms with E-state index in [4.69, 9.17) is 22.2 Å². The smallest absolute Gasteiger partial charge is 0.425 e. The lowest BCUT2D eigenvalue weighted by molar-refractivity contribution is -0.137. The highest BCUT2D eigenvalue weighted by Gasteiger charge is 2.53. The third-order valence-electron chi connectivity index (χ3n) is 7.15. The van der Waals surface area contributed by atoms with Crippen molar-refractivity contribution in [3.05, 3.63) is 29.3 Å². The number of anilines is 1. The van der Waals surface area contributed by atoms with Crippen LogP contribution in [0.1, 0.15) is 58.6 Å². The van der Waals surface area contributed by atoms with E-state index < -0.39 is 56.7 Å². The predicted molar refractivity (Wildman–Crippen MR) is 157 cm³/mol. The molecule has 2 amide bonds. The maximum atomic E-state index is 13.6. The quantitative estimate of drug-likeness (QED) is 0.408. The summed E-state index contributed by atoms with van der Waals surface area (Å²) in [6, 6.07) is 4.08. The summed E-state index contributed by atoms with van der Waals surface area (Å²) in [5.41, 5.74) is -4.04. The SMILES string of the molecule is CN(C)CCN(C(=O)OC(C)(C)C)S(=O)(=O)N1CCC(N2C(=S)N(c3ccc(C#N)c(C(F)(F)F)c3)C(=O)C2(C)C)CC1. The summed E-state index contributed by atoms with van der Waals surface area (Å²) in [6.07, 6.45) is -5.33. The third kappa shape index (κ3) is 7.22. The number of halogens is 3. The maximum Gasteiger partial charge on any atom is 0.425 e. The van der Waals surface area contributed by atoms with Gasteiger partial charge in [-0.3, -0.25) is 9.69 Å². The minimum Gasteiger partial charge on any atom is -0.443 e. The number of carbonyl (C=O) groups is 2. The second-order valence-corrected chi connectivity index (χ2v) is 14.4. The number of carbonyl (C=O) groups excluding carboxylic acids is 2. The highest BCUT2D eigenvalue weighted by Crippen LogP contribution is 2.40. The van der Waals surface area contributed by atoms with Gasteiger partial charge in [0.05, 0.1) is 29.4 Å². The molecule has 0 spiro atoms. The van der Waals surface area contributed by atoms with Crippen molar-refractivity contribution in [1.29, 1.82) is 5.26 Å². The zero-order chi connectivity index (χ0) is 32.7. The molecule has 1 aromatic carbocycles. The van der Waals surface area contributed by atoms with Gasteiger partial charge >= 0.3 is 22.5 Å². The largest absolute Gasteiger partial charge is 0.443 e. The van der Waals surface area contributed by atoms with Gasteiger partial charge in [0, 0.05) is 25.7 Å². The average Bonchev–Trinajstić information content (AvgIpc) is 3.05. The molecule has 0 aromatic heterocycles. The Bertz CT molecular complexity index is 1410. The molecule has 0 aliphatic carbocycles. The monoisotopic (exact) mass is 646 g/mol. The van der Waals surface area contributed by atoms with E-state index in [1.165, 1.54) is 16.4 Å². The summed E-state index contributed by atoms with van der Waals surface area (Å²) in [4.78, 5) is 30.8. The Hall–Kier alpha value is -3.00. The Kier molecular flexibility index (Phi) is 9.77. The second-order valence-electron chi connectivity index (χ2n) is 12.2. The van der Waals surface area contributed by atoms with Crippen LogP contribution >= 0.6 is 12.2 Å².